The van der Waals surface area contributed by atoms with Crippen LogP contribution in [0.3, 0.4) is 0 Å². The molecule has 0 spiro atoms. The van der Waals surface area contributed by atoms with E-state index in [2.05, 4.69) is 20.2 Å². The zero-order valence-corrected chi connectivity index (χ0v) is 13.1. The highest BCUT2D eigenvalue weighted by Crippen LogP contribution is 2.28. The number of carbonyl (C=O) groups excluding carboxylic acids is 1. The van der Waals surface area contributed by atoms with E-state index in [1.807, 2.05) is 29.2 Å². The molecule has 0 aromatic carbocycles. The molecule has 3 aromatic rings. The minimum absolute atomic E-state index is 0.121. The summed E-state index contributed by atoms with van der Waals surface area (Å²) in [4.78, 5) is 22.6. The van der Waals surface area contributed by atoms with Crippen LogP contribution in [-0.2, 0) is 24.2 Å². The molecule has 0 bridgehead atoms. The summed E-state index contributed by atoms with van der Waals surface area (Å²) in [6.07, 6.45) is 8.15. The summed E-state index contributed by atoms with van der Waals surface area (Å²) in [5, 5.41) is 7.56. The van der Waals surface area contributed by atoms with E-state index in [0.717, 1.165) is 34.5 Å². The van der Waals surface area contributed by atoms with Gasteiger partial charge < -0.3 is 4.90 Å². The van der Waals surface area contributed by atoms with Crippen molar-refractivity contribution in [2.45, 2.75) is 19.4 Å². The third kappa shape index (κ3) is 2.78. The zero-order valence-electron chi connectivity index (χ0n) is 13.1. The van der Waals surface area contributed by atoms with E-state index in [1.165, 1.54) is 0 Å². The molecule has 24 heavy (non-hydrogen) atoms. The maximum Gasteiger partial charge on any atom is 0.227 e. The first-order chi connectivity index (χ1) is 11.8. The van der Waals surface area contributed by atoms with E-state index in [4.69, 9.17) is 0 Å². The molecule has 3 aromatic heterocycles. The fourth-order valence-corrected chi connectivity index (χ4v) is 3.05. The lowest BCUT2D eigenvalue weighted by Gasteiger charge is -2.27. The average molecular weight is 319 g/mol. The van der Waals surface area contributed by atoms with Crippen molar-refractivity contribution in [3.8, 4) is 11.3 Å². The summed E-state index contributed by atoms with van der Waals surface area (Å²) in [6, 6.07) is 7.66. The third-order valence-corrected chi connectivity index (χ3v) is 4.32. The number of nitrogens with one attached hydrogen (secondary N) is 1. The van der Waals surface area contributed by atoms with Crippen LogP contribution in [0.1, 0.15) is 16.8 Å². The molecule has 6 nitrogen and oxygen atoms in total. The third-order valence-electron chi connectivity index (χ3n) is 4.32. The Balaban J connectivity index is 1.55. The Labute approximate surface area is 139 Å². The van der Waals surface area contributed by atoms with Crippen LogP contribution in [-0.4, -0.2) is 37.5 Å². The first kappa shape index (κ1) is 14.6. The fourth-order valence-electron chi connectivity index (χ4n) is 3.05. The maximum atomic E-state index is 12.6. The summed E-state index contributed by atoms with van der Waals surface area (Å²) in [6.45, 7) is 1.30. The number of H-pyrrole nitrogens is 1. The van der Waals surface area contributed by atoms with Gasteiger partial charge in [0.05, 0.1) is 12.1 Å². The molecule has 1 amide bonds. The second kappa shape index (κ2) is 6.23. The van der Waals surface area contributed by atoms with Crippen LogP contribution >= 0.6 is 0 Å². The highest BCUT2D eigenvalue weighted by molar-refractivity contribution is 5.79. The number of fused-ring (bicyclic) bond motifs is 1. The molecule has 0 saturated heterocycles. The van der Waals surface area contributed by atoms with Gasteiger partial charge in [-0.15, -0.1) is 0 Å². The molecule has 0 fully saturated rings. The molecule has 1 N–H and O–H groups in total. The fraction of sp³-hybridized carbons (Fsp3) is 0.222. The Morgan fingerprint density at radius 3 is 2.83 bits per heavy atom. The molecule has 0 atom stereocenters. The zero-order chi connectivity index (χ0) is 16.4. The van der Waals surface area contributed by atoms with Crippen LogP contribution in [0.4, 0.5) is 0 Å². The molecule has 0 aliphatic carbocycles. The summed E-state index contributed by atoms with van der Waals surface area (Å²) in [5.41, 5.74) is 5.09. The number of aromatic nitrogens is 4. The maximum absolute atomic E-state index is 12.6. The van der Waals surface area contributed by atoms with Crippen LogP contribution in [0.15, 0.2) is 49.1 Å². The van der Waals surface area contributed by atoms with E-state index in [9.17, 15) is 4.79 Å². The van der Waals surface area contributed by atoms with Gasteiger partial charge in [0.2, 0.25) is 5.91 Å². The number of nitrogens with zero attached hydrogens (tertiary/aromatic N) is 4. The van der Waals surface area contributed by atoms with Crippen molar-refractivity contribution in [2.75, 3.05) is 6.54 Å². The van der Waals surface area contributed by atoms with Crippen LogP contribution in [0, 0.1) is 0 Å². The second-order valence-electron chi connectivity index (χ2n) is 5.87. The van der Waals surface area contributed by atoms with Gasteiger partial charge in [-0.1, -0.05) is 6.07 Å². The van der Waals surface area contributed by atoms with Crippen LogP contribution in [0.25, 0.3) is 11.3 Å². The molecule has 120 valence electrons. The van der Waals surface area contributed by atoms with Crippen LogP contribution in [0.2, 0.25) is 0 Å². The highest BCUT2D eigenvalue weighted by atomic mass is 16.2. The molecule has 6 heteroatoms. The summed E-state index contributed by atoms with van der Waals surface area (Å²) in [5.74, 6) is 0.121. The molecular formula is C18H17N5O. The normalized spacial score (nSPS) is 13.6. The predicted molar refractivity (Wildman–Crippen MR) is 88.9 cm³/mol. The van der Waals surface area contributed by atoms with Gasteiger partial charge in [-0.05, 0) is 23.8 Å². The Kier molecular flexibility index (Phi) is 3.78. The summed E-state index contributed by atoms with van der Waals surface area (Å²) >= 11 is 0. The van der Waals surface area contributed by atoms with Crippen molar-refractivity contribution in [2.24, 2.45) is 0 Å². The predicted octanol–water partition coefficient (Wildman–Crippen LogP) is 1.99. The van der Waals surface area contributed by atoms with E-state index in [-0.39, 0.29) is 5.91 Å². The Bertz CT molecular complexity index is 844. The lowest BCUT2D eigenvalue weighted by molar-refractivity contribution is -0.131. The molecule has 1 aliphatic heterocycles. The number of carbonyl (C=O) groups is 1. The summed E-state index contributed by atoms with van der Waals surface area (Å²) < 4.78 is 0. The first-order valence-corrected chi connectivity index (χ1v) is 7.94. The van der Waals surface area contributed by atoms with Gasteiger partial charge in [0.15, 0.2) is 0 Å². The van der Waals surface area contributed by atoms with Gasteiger partial charge in [0.25, 0.3) is 0 Å². The molecular weight excluding hydrogens is 302 g/mol. The Hall–Kier alpha value is -3.02. The van der Waals surface area contributed by atoms with E-state index in [0.29, 0.717) is 19.5 Å². The average Bonchev–Trinajstić information content (AvgIpc) is 3.06. The lowest BCUT2D eigenvalue weighted by Crippen LogP contribution is -2.36. The Morgan fingerprint density at radius 2 is 2.04 bits per heavy atom. The van der Waals surface area contributed by atoms with Crippen molar-refractivity contribution >= 4 is 5.91 Å². The van der Waals surface area contributed by atoms with Crippen molar-refractivity contribution in [1.29, 1.82) is 0 Å². The second-order valence-corrected chi connectivity index (χ2v) is 5.87. The van der Waals surface area contributed by atoms with Gasteiger partial charge in [-0.25, -0.2) is 0 Å². The number of rotatable bonds is 3. The topological polar surface area (TPSA) is 74.8 Å². The number of amides is 1. The number of aromatic amines is 1. The van der Waals surface area contributed by atoms with Crippen LogP contribution in [0.5, 0.6) is 0 Å². The van der Waals surface area contributed by atoms with Crippen molar-refractivity contribution in [3.05, 3.63) is 65.9 Å². The van der Waals surface area contributed by atoms with Gasteiger partial charge in [-0.2, -0.15) is 5.10 Å². The first-order valence-electron chi connectivity index (χ1n) is 7.94. The standard InChI is InChI=1S/C18H17N5O/c24-17(10-13-2-1-6-20-11-13)23-9-5-16-15(12-23)18(22-21-16)14-3-7-19-8-4-14/h1-4,6-8,11H,5,9-10,12H2,(H,21,22). The minimum atomic E-state index is 0.121. The summed E-state index contributed by atoms with van der Waals surface area (Å²) in [7, 11) is 0. The van der Waals surface area contributed by atoms with Gasteiger partial charge >= 0.3 is 0 Å². The van der Waals surface area contributed by atoms with E-state index < -0.39 is 0 Å². The SMILES string of the molecule is O=C(Cc1cccnc1)N1CCc2[nH]nc(-c3ccncc3)c2C1. The molecule has 4 heterocycles. The monoisotopic (exact) mass is 319 g/mol. The molecule has 0 saturated carbocycles. The van der Waals surface area contributed by atoms with E-state index in [1.54, 1.807) is 24.8 Å². The van der Waals surface area contributed by atoms with Crippen molar-refractivity contribution < 1.29 is 4.79 Å². The number of pyridine rings is 2. The largest absolute Gasteiger partial charge is 0.338 e. The van der Waals surface area contributed by atoms with Gasteiger partial charge in [0.1, 0.15) is 0 Å². The Morgan fingerprint density at radius 1 is 1.17 bits per heavy atom. The van der Waals surface area contributed by atoms with Crippen LogP contribution < -0.4 is 0 Å². The lowest BCUT2D eigenvalue weighted by atomic mass is 10.0. The molecule has 0 unspecified atom stereocenters. The number of hydrogen-bond donors (Lipinski definition) is 1. The quantitative estimate of drug-likeness (QED) is 0.801. The molecule has 0 radical (unpaired) electrons. The molecule has 1 aliphatic rings. The van der Waals surface area contributed by atoms with Crippen molar-refractivity contribution in [3.63, 3.8) is 0 Å². The highest BCUT2D eigenvalue weighted by Gasteiger charge is 2.25. The number of hydrogen-bond acceptors (Lipinski definition) is 4. The van der Waals surface area contributed by atoms with Gasteiger partial charge in [-0.3, -0.25) is 19.9 Å². The molecule has 4 rings (SSSR count). The van der Waals surface area contributed by atoms with Gasteiger partial charge in [0, 0.05) is 61.1 Å². The van der Waals surface area contributed by atoms with Crippen molar-refractivity contribution in [1.82, 2.24) is 25.1 Å². The minimum Gasteiger partial charge on any atom is -0.338 e. The van der Waals surface area contributed by atoms with E-state index >= 15 is 0 Å². The smallest absolute Gasteiger partial charge is 0.227 e.